The van der Waals surface area contributed by atoms with Crippen LogP contribution in [-0.4, -0.2) is 61.7 Å². The molecule has 0 bridgehead atoms. The topological polar surface area (TPSA) is 60.9 Å². The Bertz CT molecular complexity index is 461. The zero-order valence-electron chi connectivity index (χ0n) is 13.4. The van der Waals surface area contributed by atoms with Gasteiger partial charge in [-0.3, -0.25) is 0 Å². The van der Waals surface area contributed by atoms with Gasteiger partial charge in [0.15, 0.2) is 0 Å². The number of urea groups is 1. The van der Waals surface area contributed by atoms with Crippen molar-refractivity contribution >= 4 is 16.1 Å². The molecule has 1 rings (SSSR count). The van der Waals surface area contributed by atoms with Crippen LogP contribution >= 0.6 is 0 Å². The van der Waals surface area contributed by atoms with Gasteiger partial charge in [-0.15, -0.1) is 4.41 Å². The van der Waals surface area contributed by atoms with Crippen molar-refractivity contribution in [3.8, 4) is 0 Å². The summed E-state index contributed by atoms with van der Waals surface area (Å²) in [5.41, 5.74) is 0.0195. The first kappa shape index (κ1) is 17.2. The fourth-order valence-electron chi connectivity index (χ4n) is 2.32. The van der Waals surface area contributed by atoms with E-state index in [2.05, 4.69) is 20.8 Å². The van der Waals surface area contributed by atoms with E-state index in [-0.39, 0.29) is 17.4 Å². The number of hydrazine groups is 1. The van der Waals surface area contributed by atoms with Gasteiger partial charge in [0, 0.05) is 26.7 Å². The number of sulfonamides is 1. The Balaban J connectivity index is 2.85. The Labute approximate surface area is 122 Å². The van der Waals surface area contributed by atoms with Gasteiger partial charge >= 0.3 is 6.03 Å². The van der Waals surface area contributed by atoms with Crippen molar-refractivity contribution in [3.63, 3.8) is 0 Å². The van der Waals surface area contributed by atoms with Gasteiger partial charge in [-0.25, -0.2) is 18.2 Å². The van der Waals surface area contributed by atoms with E-state index in [1.54, 1.807) is 11.9 Å². The summed E-state index contributed by atoms with van der Waals surface area (Å²) in [6.45, 7) is 9.64. The maximum atomic E-state index is 12.5. The first-order chi connectivity index (χ1) is 8.98. The number of carbonyl (C=O) groups excluding carboxylic acids is 1. The molecule has 1 atom stereocenters. The second kappa shape index (κ2) is 5.89. The van der Waals surface area contributed by atoms with Crippen LogP contribution in [0.1, 0.15) is 34.1 Å². The number of carbonyl (C=O) groups is 1. The third-order valence-electron chi connectivity index (χ3n) is 3.77. The first-order valence-corrected chi connectivity index (χ1v) is 8.83. The van der Waals surface area contributed by atoms with E-state index in [0.717, 1.165) is 12.7 Å². The summed E-state index contributed by atoms with van der Waals surface area (Å²) in [6, 6.07) is -0.249. The molecule has 0 N–H and O–H groups in total. The van der Waals surface area contributed by atoms with Gasteiger partial charge in [-0.05, 0) is 17.8 Å². The average molecular weight is 305 g/mol. The molecular formula is C13H27N3O3S. The summed E-state index contributed by atoms with van der Waals surface area (Å²) >= 11 is 0. The van der Waals surface area contributed by atoms with E-state index < -0.39 is 10.0 Å². The average Bonchev–Trinajstić information content (AvgIpc) is 2.69. The van der Waals surface area contributed by atoms with Crippen molar-refractivity contribution in [2.75, 3.05) is 32.9 Å². The molecule has 1 saturated heterocycles. The second-order valence-corrected chi connectivity index (χ2v) is 8.50. The predicted molar refractivity (Wildman–Crippen MR) is 79.5 cm³/mol. The van der Waals surface area contributed by atoms with Crippen LogP contribution < -0.4 is 0 Å². The molecule has 0 spiro atoms. The lowest BCUT2D eigenvalue weighted by atomic mass is 9.90. The van der Waals surface area contributed by atoms with Crippen LogP contribution in [0.3, 0.4) is 0 Å². The van der Waals surface area contributed by atoms with E-state index in [1.165, 1.54) is 9.42 Å². The largest absolute Gasteiger partial charge is 0.335 e. The smallest absolute Gasteiger partial charge is 0.326 e. The second-order valence-electron chi connectivity index (χ2n) is 6.61. The Kier molecular flexibility index (Phi) is 5.08. The molecule has 0 radical (unpaired) electrons. The van der Waals surface area contributed by atoms with Gasteiger partial charge in [0.05, 0.1) is 6.26 Å². The van der Waals surface area contributed by atoms with Gasteiger partial charge < -0.3 is 4.90 Å². The molecule has 1 unspecified atom stereocenters. The molecule has 0 aliphatic carbocycles. The van der Waals surface area contributed by atoms with Gasteiger partial charge in [0.25, 0.3) is 0 Å². The lowest BCUT2D eigenvalue weighted by Crippen LogP contribution is -2.50. The monoisotopic (exact) mass is 305 g/mol. The molecule has 0 aromatic carbocycles. The highest BCUT2D eigenvalue weighted by Gasteiger charge is 2.38. The quantitative estimate of drug-likeness (QED) is 0.792. The van der Waals surface area contributed by atoms with Crippen molar-refractivity contribution in [1.82, 2.24) is 14.3 Å². The van der Waals surface area contributed by atoms with Gasteiger partial charge in [0.1, 0.15) is 0 Å². The van der Waals surface area contributed by atoms with E-state index in [9.17, 15) is 13.2 Å². The SMILES string of the molecule is CCC(C)(C)CN(C)C(=O)N1CC(C)CN1S(C)(=O)=O. The summed E-state index contributed by atoms with van der Waals surface area (Å²) < 4.78 is 24.7. The molecule has 0 aromatic rings. The van der Waals surface area contributed by atoms with Crippen LogP contribution in [0, 0.1) is 11.3 Å². The van der Waals surface area contributed by atoms with Crippen LogP contribution in [0.5, 0.6) is 0 Å². The Hall–Kier alpha value is -0.820. The Morgan fingerprint density at radius 2 is 1.90 bits per heavy atom. The standard InChI is InChI=1S/C13H27N3O3S/c1-7-13(3,4)10-14(5)12(17)15-8-11(2)9-16(15)20(6,18)19/h11H,7-10H2,1-6H3. The highest BCUT2D eigenvalue weighted by Crippen LogP contribution is 2.24. The zero-order valence-corrected chi connectivity index (χ0v) is 14.2. The fraction of sp³-hybridized carbons (Fsp3) is 0.923. The molecule has 1 aliphatic heterocycles. The van der Waals surface area contributed by atoms with Gasteiger partial charge in [0.2, 0.25) is 10.0 Å². The van der Waals surface area contributed by atoms with Crippen molar-refractivity contribution in [3.05, 3.63) is 0 Å². The Morgan fingerprint density at radius 1 is 1.35 bits per heavy atom. The molecule has 1 fully saturated rings. The number of rotatable bonds is 4. The molecule has 0 aromatic heterocycles. The highest BCUT2D eigenvalue weighted by atomic mass is 32.2. The minimum absolute atomic E-state index is 0.0195. The van der Waals surface area contributed by atoms with Crippen molar-refractivity contribution < 1.29 is 13.2 Å². The van der Waals surface area contributed by atoms with E-state index in [4.69, 9.17) is 0 Å². The van der Waals surface area contributed by atoms with Crippen LogP contribution in [-0.2, 0) is 10.0 Å². The van der Waals surface area contributed by atoms with E-state index in [0.29, 0.717) is 19.6 Å². The summed E-state index contributed by atoms with van der Waals surface area (Å²) in [5, 5.41) is 1.35. The third kappa shape index (κ3) is 4.09. The highest BCUT2D eigenvalue weighted by molar-refractivity contribution is 7.88. The van der Waals surface area contributed by atoms with Crippen LogP contribution in [0.15, 0.2) is 0 Å². The van der Waals surface area contributed by atoms with Crippen LogP contribution in [0.4, 0.5) is 4.79 Å². The summed E-state index contributed by atoms with van der Waals surface area (Å²) in [4.78, 5) is 14.1. The number of amides is 2. The number of hydrogen-bond donors (Lipinski definition) is 0. The van der Waals surface area contributed by atoms with Crippen LogP contribution in [0.2, 0.25) is 0 Å². The minimum Gasteiger partial charge on any atom is -0.326 e. The first-order valence-electron chi connectivity index (χ1n) is 6.98. The summed E-state index contributed by atoms with van der Waals surface area (Å²) in [6.07, 6.45) is 2.10. The van der Waals surface area contributed by atoms with Gasteiger partial charge in [-0.1, -0.05) is 27.7 Å². The molecule has 1 heterocycles. The minimum atomic E-state index is -3.40. The summed E-state index contributed by atoms with van der Waals surface area (Å²) in [5.74, 6) is 0.154. The summed E-state index contributed by atoms with van der Waals surface area (Å²) in [7, 11) is -1.68. The maximum Gasteiger partial charge on any atom is 0.335 e. The third-order valence-corrected chi connectivity index (χ3v) is 4.89. The zero-order chi connectivity index (χ0) is 15.7. The normalized spacial score (nSPS) is 21.3. The molecular weight excluding hydrogens is 278 g/mol. The molecule has 6 nitrogen and oxygen atoms in total. The molecule has 2 amide bonds. The van der Waals surface area contributed by atoms with E-state index >= 15 is 0 Å². The molecule has 118 valence electrons. The maximum absolute atomic E-state index is 12.5. The molecule has 20 heavy (non-hydrogen) atoms. The van der Waals surface area contributed by atoms with Gasteiger partial charge in [-0.2, -0.15) is 0 Å². The molecule has 1 aliphatic rings. The fourth-order valence-corrected chi connectivity index (χ4v) is 3.34. The molecule has 0 saturated carbocycles. The lowest BCUT2D eigenvalue weighted by molar-refractivity contribution is 0.0948. The Morgan fingerprint density at radius 3 is 2.35 bits per heavy atom. The lowest BCUT2D eigenvalue weighted by Gasteiger charge is -2.34. The molecule has 7 heteroatoms. The van der Waals surface area contributed by atoms with Crippen LogP contribution in [0.25, 0.3) is 0 Å². The van der Waals surface area contributed by atoms with Crippen molar-refractivity contribution in [2.45, 2.75) is 34.1 Å². The van der Waals surface area contributed by atoms with Crippen molar-refractivity contribution in [1.29, 1.82) is 0 Å². The number of nitrogens with zero attached hydrogens (tertiary/aromatic N) is 3. The van der Waals surface area contributed by atoms with Crippen molar-refractivity contribution in [2.24, 2.45) is 11.3 Å². The van der Waals surface area contributed by atoms with E-state index in [1.807, 2.05) is 6.92 Å². The number of hydrogen-bond acceptors (Lipinski definition) is 3. The predicted octanol–water partition coefficient (Wildman–Crippen LogP) is 1.60.